The first-order valence-corrected chi connectivity index (χ1v) is 8.16. The summed E-state index contributed by atoms with van der Waals surface area (Å²) in [6.45, 7) is 4.96. The Morgan fingerprint density at radius 1 is 1.10 bits per heavy atom. The molecular weight excluding hydrogens is 336 g/mol. The second kappa shape index (κ2) is 7.14. The van der Waals surface area contributed by atoms with Crippen molar-refractivity contribution in [3.8, 4) is 5.75 Å². The molecule has 3 heteroatoms. The second-order valence-corrected chi connectivity index (χ2v) is 6.07. The molecule has 0 saturated carbocycles. The van der Waals surface area contributed by atoms with Crippen LogP contribution in [-0.4, -0.2) is 0 Å². The minimum atomic E-state index is 0.557. The van der Waals surface area contributed by atoms with Crippen LogP contribution in [0.3, 0.4) is 0 Å². The van der Waals surface area contributed by atoms with Crippen LogP contribution in [0, 0.1) is 0 Å². The highest BCUT2D eigenvalue weighted by molar-refractivity contribution is 9.08. The zero-order chi connectivity index (χ0) is 14.5. The lowest BCUT2D eigenvalue weighted by atomic mass is 10.0. The van der Waals surface area contributed by atoms with Gasteiger partial charge in [0.1, 0.15) is 12.4 Å². The highest BCUT2D eigenvalue weighted by atomic mass is 79.9. The van der Waals surface area contributed by atoms with Gasteiger partial charge in [0.15, 0.2) is 0 Å². The maximum atomic E-state index is 5.98. The molecule has 0 amide bonds. The summed E-state index contributed by atoms with van der Waals surface area (Å²) < 4.78 is 5.88. The van der Waals surface area contributed by atoms with Crippen LogP contribution >= 0.6 is 27.5 Å². The first-order chi connectivity index (χ1) is 9.60. The molecule has 0 bridgehead atoms. The van der Waals surface area contributed by atoms with Gasteiger partial charge in [-0.15, -0.1) is 0 Å². The number of rotatable bonds is 5. The summed E-state index contributed by atoms with van der Waals surface area (Å²) in [6, 6.07) is 14.3. The van der Waals surface area contributed by atoms with Gasteiger partial charge in [-0.3, -0.25) is 0 Å². The topological polar surface area (TPSA) is 9.23 Å². The van der Waals surface area contributed by atoms with Gasteiger partial charge in [-0.25, -0.2) is 0 Å². The molecule has 0 spiro atoms. The van der Waals surface area contributed by atoms with Crippen molar-refractivity contribution in [2.75, 3.05) is 0 Å². The van der Waals surface area contributed by atoms with Gasteiger partial charge in [0.2, 0.25) is 0 Å². The molecular formula is C17H18BrClO. The first kappa shape index (κ1) is 15.4. The molecule has 2 aromatic rings. The predicted molar refractivity (Wildman–Crippen MR) is 88.9 cm³/mol. The van der Waals surface area contributed by atoms with Crippen LogP contribution in [0.15, 0.2) is 42.5 Å². The van der Waals surface area contributed by atoms with E-state index >= 15 is 0 Å². The van der Waals surface area contributed by atoms with Gasteiger partial charge in [-0.05, 0) is 35.2 Å². The molecule has 0 saturated heterocycles. The molecule has 2 rings (SSSR count). The molecule has 0 fully saturated rings. The summed E-state index contributed by atoms with van der Waals surface area (Å²) in [5.41, 5.74) is 3.59. The molecule has 1 nitrogen and oxygen atoms in total. The maximum absolute atomic E-state index is 5.98. The van der Waals surface area contributed by atoms with Crippen molar-refractivity contribution in [2.45, 2.75) is 31.7 Å². The van der Waals surface area contributed by atoms with Gasteiger partial charge in [0.05, 0.1) is 0 Å². The molecule has 0 aliphatic carbocycles. The number of ether oxygens (including phenoxy) is 1. The molecule has 0 aliphatic rings. The summed E-state index contributed by atoms with van der Waals surface area (Å²) in [4.78, 5) is 0. The normalized spacial score (nSPS) is 10.8. The third-order valence-corrected chi connectivity index (χ3v) is 4.05. The standard InChI is InChI=1S/C17H18BrClO/c1-12(2)14-5-3-13(4-6-14)11-20-17-8-7-16(19)9-15(17)10-18/h3-9,12H,10-11H2,1-2H3. The average Bonchev–Trinajstić information content (AvgIpc) is 2.46. The summed E-state index contributed by atoms with van der Waals surface area (Å²) in [6.07, 6.45) is 0. The van der Waals surface area contributed by atoms with Gasteiger partial charge in [-0.1, -0.05) is 65.6 Å². The Morgan fingerprint density at radius 3 is 2.40 bits per heavy atom. The Morgan fingerprint density at radius 2 is 1.80 bits per heavy atom. The Balaban J connectivity index is 2.05. The molecule has 0 aliphatic heterocycles. The van der Waals surface area contributed by atoms with E-state index in [2.05, 4.69) is 54.0 Å². The minimum Gasteiger partial charge on any atom is -0.489 e. The molecule has 0 unspecified atom stereocenters. The predicted octanol–water partition coefficient (Wildman–Crippen LogP) is 5.94. The molecule has 0 heterocycles. The zero-order valence-corrected chi connectivity index (χ0v) is 14.0. The molecule has 0 N–H and O–H groups in total. The van der Waals surface area contributed by atoms with E-state index in [1.807, 2.05) is 18.2 Å². The summed E-state index contributed by atoms with van der Waals surface area (Å²) in [7, 11) is 0. The number of hydrogen-bond donors (Lipinski definition) is 0. The van der Waals surface area contributed by atoms with E-state index in [0.29, 0.717) is 12.5 Å². The lowest BCUT2D eigenvalue weighted by Gasteiger charge is -2.11. The smallest absolute Gasteiger partial charge is 0.123 e. The van der Waals surface area contributed by atoms with Crippen LogP contribution in [-0.2, 0) is 11.9 Å². The van der Waals surface area contributed by atoms with E-state index in [4.69, 9.17) is 16.3 Å². The van der Waals surface area contributed by atoms with Crippen molar-refractivity contribution in [1.82, 2.24) is 0 Å². The second-order valence-electron chi connectivity index (χ2n) is 5.07. The van der Waals surface area contributed by atoms with Crippen molar-refractivity contribution in [3.63, 3.8) is 0 Å². The third kappa shape index (κ3) is 4.00. The molecule has 0 radical (unpaired) electrons. The van der Waals surface area contributed by atoms with E-state index in [9.17, 15) is 0 Å². The largest absolute Gasteiger partial charge is 0.489 e. The average molecular weight is 354 g/mol. The Bertz CT molecular complexity index is 564. The van der Waals surface area contributed by atoms with Crippen molar-refractivity contribution >= 4 is 27.5 Å². The number of alkyl halides is 1. The van der Waals surface area contributed by atoms with Crippen LogP contribution in [0.2, 0.25) is 5.02 Å². The van der Waals surface area contributed by atoms with Crippen molar-refractivity contribution in [1.29, 1.82) is 0 Å². The molecule has 106 valence electrons. The van der Waals surface area contributed by atoms with Crippen molar-refractivity contribution in [3.05, 3.63) is 64.2 Å². The summed E-state index contributed by atoms with van der Waals surface area (Å²) in [5.74, 6) is 1.43. The van der Waals surface area contributed by atoms with Crippen LogP contribution in [0.4, 0.5) is 0 Å². The molecule has 20 heavy (non-hydrogen) atoms. The van der Waals surface area contributed by atoms with E-state index in [1.54, 1.807) is 0 Å². The SMILES string of the molecule is CC(C)c1ccc(COc2ccc(Cl)cc2CBr)cc1. The maximum Gasteiger partial charge on any atom is 0.123 e. The van der Waals surface area contributed by atoms with Gasteiger partial charge in [-0.2, -0.15) is 0 Å². The molecule has 0 aromatic heterocycles. The minimum absolute atomic E-state index is 0.557. The van der Waals surface area contributed by atoms with Crippen LogP contribution in [0.25, 0.3) is 0 Å². The third-order valence-electron chi connectivity index (χ3n) is 3.21. The summed E-state index contributed by atoms with van der Waals surface area (Å²) in [5, 5.41) is 1.46. The van der Waals surface area contributed by atoms with E-state index < -0.39 is 0 Å². The van der Waals surface area contributed by atoms with E-state index in [0.717, 1.165) is 21.7 Å². The molecule has 2 aromatic carbocycles. The molecule has 0 atom stereocenters. The number of benzene rings is 2. The van der Waals surface area contributed by atoms with Crippen molar-refractivity contribution in [2.24, 2.45) is 0 Å². The van der Waals surface area contributed by atoms with Gasteiger partial charge in [0, 0.05) is 15.9 Å². The lowest BCUT2D eigenvalue weighted by molar-refractivity contribution is 0.304. The fourth-order valence-corrected chi connectivity index (χ4v) is 2.59. The Kier molecular flexibility index (Phi) is 5.50. The number of halogens is 2. The highest BCUT2D eigenvalue weighted by Crippen LogP contribution is 2.26. The van der Waals surface area contributed by atoms with Crippen LogP contribution in [0.5, 0.6) is 5.75 Å². The Hall–Kier alpha value is -0.990. The monoisotopic (exact) mass is 352 g/mol. The summed E-state index contributed by atoms with van der Waals surface area (Å²) >= 11 is 9.44. The first-order valence-electron chi connectivity index (χ1n) is 6.66. The fourth-order valence-electron chi connectivity index (χ4n) is 1.95. The van der Waals surface area contributed by atoms with Crippen LogP contribution < -0.4 is 4.74 Å². The van der Waals surface area contributed by atoms with Crippen LogP contribution in [0.1, 0.15) is 36.5 Å². The zero-order valence-electron chi connectivity index (χ0n) is 11.7. The van der Waals surface area contributed by atoms with Gasteiger partial charge < -0.3 is 4.74 Å². The van der Waals surface area contributed by atoms with Crippen molar-refractivity contribution < 1.29 is 4.74 Å². The lowest BCUT2D eigenvalue weighted by Crippen LogP contribution is -1.98. The van der Waals surface area contributed by atoms with Gasteiger partial charge >= 0.3 is 0 Å². The number of hydrogen-bond acceptors (Lipinski definition) is 1. The van der Waals surface area contributed by atoms with E-state index in [-0.39, 0.29) is 0 Å². The highest BCUT2D eigenvalue weighted by Gasteiger charge is 2.05. The quantitative estimate of drug-likeness (QED) is 0.605. The van der Waals surface area contributed by atoms with Gasteiger partial charge in [0.25, 0.3) is 0 Å². The Labute approximate surface area is 134 Å². The fraction of sp³-hybridized carbons (Fsp3) is 0.294. The van der Waals surface area contributed by atoms with E-state index in [1.165, 1.54) is 11.1 Å².